The molecular weight excluding hydrogens is 457 g/mol. The van der Waals surface area contributed by atoms with Gasteiger partial charge in [-0.1, -0.05) is 0 Å². The second-order valence-electron chi connectivity index (χ2n) is 11.0. The van der Waals surface area contributed by atoms with Gasteiger partial charge in [-0.15, -0.1) is 0 Å². The van der Waals surface area contributed by atoms with E-state index in [0.717, 1.165) is 0 Å². The summed E-state index contributed by atoms with van der Waals surface area (Å²) in [5.41, 5.74) is 0. The summed E-state index contributed by atoms with van der Waals surface area (Å²) in [5.74, 6) is -1.10. The molecule has 0 aromatic rings. The first-order valence-electron chi connectivity index (χ1n) is 15.8. The van der Waals surface area contributed by atoms with Crippen molar-refractivity contribution in [3.63, 3.8) is 0 Å². The van der Waals surface area contributed by atoms with E-state index in [-0.39, 0.29) is 0 Å². The standard InChI is InChI=1S/C28H61P.C4HN3/c1-5-9-13-17-18-19-20-24-28-29(25-21-14-10-6-2,26-22-15-11-7-3)27-23-16-12-8-4;5-1-4(2-6)3-7/h29H,5-28H2,1-4H3;4H. The van der Waals surface area contributed by atoms with Crippen LogP contribution < -0.4 is 0 Å². The molecule has 0 aliphatic carbocycles. The third-order valence-electron chi connectivity index (χ3n) is 7.63. The van der Waals surface area contributed by atoms with Crippen molar-refractivity contribution >= 4 is 7.26 Å². The monoisotopic (exact) mass is 519 g/mol. The second kappa shape index (κ2) is 30.1. The number of nitrogens with zero attached hydrogens (tertiary/aromatic N) is 3. The van der Waals surface area contributed by atoms with Crippen molar-refractivity contribution in [1.29, 1.82) is 15.8 Å². The summed E-state index contributed by atoms with van der Waals surface area (Å²) >= 11 is 0. The predicted octanol–water partition coefficient (Wildman–Crippen LogP) is 10.8. The molecule has 0 heterocycles. The van der Waals surface area contributed by atoms with Gasteiger partial charge in [0.25, 0.3) is 0 Å². The summed E-state index contributed by atoms with van der Waals surface area (Å²) in [7, 11) is -1.03. The zero-order valence-corrected chi connectivity index (χ0v) is 25.9. The Kier molecular flexibility index (Phi) is 31.0. The van der Waals surface area contributed by atoms with Crippen LogP contribution in [0.15, 0.2) is 0 Å². The van der Waals surface area contributed by atoms with Gasteiger partial charge in [-0.05, 0) is 0 Å². The van der Waals surface area contributed by atoms with E-state index < -0.39 is 13.2 Å². The first-order chi connectivity index (χ1) is 17.6. The minimum atomic E-state index is -1.10. The van der Waals surface area contributed by atoms with Gasteiger partial charge in [0.1, 0.15) is 0 Å². The van der Waals surface area contributed by atoms with Gasteiger partial charge in [0.2, 0.25) is 5.92 Å². The topological polar surface area (TPSA) is 71.4 Å². The zero-order valence-electron chi connectivity index (χ0n) is 24.9. The van der Waals surface area contributed by atoms with Gasteiger partial charge in [-0.25, -0.2) is 0 Å². The van der Waals surface area contributed by atoms with Crippen LogP contribution in [0.5, 0.6) is 0 Å². The quantitative estimate of drug-likeness (QED) is 0.0940. The molecule has 0 bridgehead atoms. The van der Waals surface area contributed by atoms with E-state index in [0.29, 0.717) is 0 Å². The van der Waals surface area contributed by atoms with Crippen molar-refractivity contribution in [2.45, 2.75) is 156 Å². The molecule has 0 unspecified atom stereocenters. The van der Waals surface area contributed by atoms with Crippen LogP contribution in [0.3, 0.4) is 0 Å². The molecule has 3 nitrogen and oxygen atoms in total. The minimum absolute atomic E-state index is 1.03. The van der Waals surface area contributed by atoms with Crippen molar-refractivity contribution in [3.05, 3.63) is 0 Å². The Morgan fingerprint density at radius 3 is 0.833 bits per heavy atom. The largest absolute Gasteiger partial charge is 0.218 e. The molecule has 0 amide bonds. The van der Waals surface area contributed by atoms with Crippen LogP contribution >= 0.6 is 7.26 Å². The van der Waals surface area contributed by atoms with Crippen LogP contribution in [-0.2, 0) is 0 Å². The van der Waals surface area contributed by atoms with Gasteiger partial charge >= 0.3 is 188 Å². The van der Waals surface area contributed by atoms with Crippen LogP contribution in [0.4, 0.5) is 0 Å². The number of nitriles is 3. The average Bonchev–Trinajstić information content (AvgIpc) is 2.90. The van der Waals surface area contributed by atoms with Crippen LogP contribution in [0, 0.1) is 39.9 Å². The first kappa shape index (κ1) is 37.1. The Balaban J connectivity index is 0. The molecule has 0 aromatic heterocycles. The van der Waals surface area contributed by atoms with Crippen molar-refractivity contribution in [3.8, 4) is 18.2 Å². The Hall–Kier alpha value is -1.10. The van der Waals surface area contributed by atoms with Crippen LogP contribution in [0.2, 0.25) is 0 Å². The summed E-state index contributed by atoms with van der Waals surface area (Å²) in [6.45, 7) is 9.41. The average molecular weight is 520 g/mol. The number of hydrogen-bond donors (Lipinski definition) is 0. The molecule has 210 valence electrons. The smallest absolute Gasteiger partial charge is 0.196 e. The van der Waals surface area contributed by atoms with Gasteiger partial charge in [-0.2, -0.15) is 15.8 Å². The van der Waals surface area contributed by atoms with Crippen LogP contribution in [-0.4, -0.2) is 24.6 Å². The Morgan fingerprint density at radius 1 is 0.389 bits per heavy atom. The molecule has 0 radical (unpaired) electrons. The Morgan fingerprint density at radius 2 is 0.611 bits per heavy atom. The molecule has 0 aliphatic heterocycles. The van der Waals surface area contributed by atoms with E-state index in [9.17, 15) is 0 Å². The van der Waals surface area contributed by atoms with Crippen molar-refractivity contribution in [1.82, 2.24) is 0 Å². The molecular formula is C32H62N3P. The van der Waals surface area contributed by atoms with Gasteiger partial charge in [-0.3, -0.25) is 0 Å². The van der Waals surface area contributed by atoms with Gasteiger partial charge < -0.3 is 0 Å². The molecule has 0 spiro atoms. The van der Waals surface area contributed by atoms with E-state index >= 15 is 0 Å². The summed E-state index contributed by atoms with van der Waals surface area (Å²) in [4.78, 5) is 0. The maximum absolute atomic E-state index is 7.83. The summed E-state index contributed by atoms with van der Waals surface area (Å²) in [5, 5.41) is 23.5. The fraction of sp³-hybridized carbons (Fsp3) is 0.906. The number of hydrogen-bond acceptors (Lipinski definition) is 3. The summed E-state index contributed by atoms with van der Waals surface area (Å²) < 4.78 is 0. The van der Waals surface area contributed by atoms with Crippen molar-refractivity contribution in [2.24, 2.45) is 5.92 Å². The normalized spacial score (nSPS) is 11.3. The maximum Gasteiger partial charge on any atom is 0.218 e. The summed E-state index contributed by atoms with van der Waals surface area (Å²) in [6, 6.07) is 4.44. The maximum atomic E-state index is 7.83. The van der Waals surface area contributed by atoms with E-state index in [2.05, 4.69) is 27.7 Å². The molecule has 4 heteroatoms. The SMILES string of the molecule is CCCCCCCCCC[PH](CCCCCC)(CCCCCC)CCCCCC.N#CC(C#N)C#N. The number of rotatable bonds is 24. The third kappa shape index (κ3) is 24.6. The molecule has 0 saturated heterocycles. The Labute approximate surface area is 227 Å². The minimum Gasteiger partial charge on any atom is -0.196 e. The van der Waals surface area contributed by atoms with E-state index in [4.69, 9.17) is 15.8 Å². The second-order valence-corrected chi connectivity index (χ2v) is 16.0. The van der Waals surface area contributed by atoms with Crippen LogP contribution in [0.1, 0.15) is 156 Å². The molecule has 0 atom stereocenters. The van der Waals surface area contributed by atoms with Gasteiger partial charge in [0.15, 0.2) is 0 Å². The predicted molar refractivity (Wildman–Crippen MR) is 163 cm³/mol. The van der Waals surface area contributed by atoms with E-state index in [1.165, 1.54) is 121 Å². The molecule has 36 heavy (non-hydrogen) atoms. The van der Waals surface area contributed by atoms with E-state index in [1.54, 1.807) is 50.3 Å². The van der Waals surface area contributed by atoms with Gasteiger partial charge in [0, 0.05) is 0 Å². The van der Waals surface area contributed by atoms with Crippen molar-refractivity contribution in [2.75, 3.05) is 24.6 Å². The molecule has 0 saturated carbocycles. The summed E-state index contributed by atoms with van der Waals surface area (Å²) in [6.07, 6.45) is 36.3. The first-order valence-corrected chi connectivity index (χ1v) is 18.6. The molecule has 0 rings (SSSR count). The molecule has 0 fully saturated rings. The molecule has 0 N–H and O–H groups in total. The molecule has 0 aromatic carbocycles. The fourth-order valence-electron chi connectivity index (χ4n) is 5.25. The molecule has 0 aliphatic rings. The van der Waals surface area contributed by atoms with Crippen LogP contribution in [0.25, 0.3) is 0 Å². The van der Waals surface area contributed by atoms with Crippen molar-refractivity contribution < 1.29 is 0 Å². The zero-order chi connectivity index (χ0) is 27.2. The Bertz CT molecular complexity index is 505. The van der Waals surface area contributed by atoms with E-state index in [1.807, 2.05) is 0 Å². The third-order valence-corrected chi connectivity index (χ3v) is 13.3. The fourth-order valence-corrected chi connectivity index (χ4v) is 10.8. The van der Waals surface area contributed by atoms with Gasteiger partial charge in [0.05, 0.1) is 18.2 Å². The number of unbranched alkanes of at least 4 members (excludes halogenated alkanes) is 16.